The largest absolute Gasteiger partial charge is 0.435 e. The number of anilines is 2. The van der Waals surface area contributed by atoms with Gasteiger partial charge in [-0.05, 0) is 68.7 Å². The van der Waals surface area contributed by atoms with E-state index in [-0.39, 0.29) is 16.2 Å². The van der Waals surface area contributed by atoms with Crippen molar-refractivity contribution in [3.63, 3.8) is 0 Å². The highest BCUT2D eigenvalue weighted by Gasteiger charge is 2.49. The van der Waals surface area contributed by atoms with Crippen molar-refractivity contribution in [1.29, 1.82) is 0 Å². The summed E-state index contributed by atoms with van der Waals surface area (Å²) in [5.74, 6) is 1.83. The van der Waals surface area contributed by atoms with Crippen molar-refractivity contribution < 1.29 is 8.95 Å². The number of fused-ring (bicyclic) bond motifs is 1. The molecule has 1 unspecified atom stereocenters. The van der Waals surface area contributed by atoms with Crippen LogP contribution in [0.5, 0.6) is 11.6 Å². The summed E-state index contributed by atoms with van der Waals surface area (Å²) in [4.78, 5) is 10.7. The molecule has 1 saturated heterocycles. The van der Waals surface area contributed by atoms with Crippen LogP contribution >= 0.6 is 0 Å². The molecule has 2 atom stereocenters. The minimum atomic E-state index is -1.15. The quantitative estimate of drug-likeness (QED) is 0.554. The lowest BCUT2D eigenvalue weighted by Gasteiger charge is -2.43. The van der Waals surface area contributed by atoms with Crippen LogP contribution in [0.25, 0.3) is 0 Å². The number of nitrogen functional groups attached to an aromatic ring is 1. The minimum Gasteiger partial charge on any atom is -0.435 e. The van der Waals surface area contributed by atoms with Crippen LogP contribution < -0.4 is 20.1 Å². The lowest BCUT2D eigenvalue weighted by Crippen LogP contribution is -2.48. The molecule has 1 spiro atoms. The lowest BCUT2D eigenvalue weighted by molar-refractivity contribution is 0.176. The second kappa shape index (κ2) is 9.16. The number of nitrogens with one attached hydrogen (secondary N) is 1. The molecule has 2 aliphatic rings. The number of rotatable bonds is 5. The first-order valence-corrected chi connectivity index (χ1v) is 13.0. The minimum absolute atomic E-state index is 0.0136. The third kappa shape index (κ3) is 4.85. The fraction of sp³-hybridized carbons (Fsp3) is 0.440. The maximum absolute atomic E-state index is 13.1. The average Bonchev–Trinajstić information content (AvgIpc) is 3.13. The van der Waals surface area contributed by atoms with Gasteiger partial charge in [-0.3, -0.25) is 0 Å². The summed E-state index contributed by atoms with van der Waals surface area (Å²) in [5, 5.41) is 8.49. The summed E-state index contributed by atoms with van der Waals surface area (Å²) in [6, 6.07) is 12.0. The smallest absolute Gasteiger partial charge is 0.257 e. The van der Waals surface area contributed by atoms with Gasteiger partial charge in [0.25, 0.3) is 5.88 Å². The predicted octanol–water partition coefficient (Wildman–Crippen LogP) is 3.58. The zero-order chi connectivity index (χ0) is 24.6. The molecule has 1 fully saturated rings. The first kappa shape index (κ1) is 23.6. The lowest BCUT2D eigenvalue weighted by atomic mass is 9.73. The van der Waals surface area contributed by atoms with Gasteiger partial charge in [-0.2, -0.15) is 0 Å². The van der Waals surface area contributed by atoms with Crippen LogP contribution in [-0.4, -0.2) is 42.2 Å². The maximum Gasteiger partial charge on any atom is 0.257 e. The first-order valence-electron chi connectivity index (χ1n) is 11.8. The molecule has 1 aliphatic carbocycles. The van der Waals surface area contributed by atoms with Crippen molar-refractivity contribution in [2.24, 2.45) is 5.41 Å². The van der Waals surface area contributed by atoms with Gasteiger partial charge in [0.05, 0.1) is 34.2 Å². The molecule has 3 N–H and O–H groups in total. The number of ether oxygens (including phenoxy) is 1. The molecule has 5 rings (SSSR count). The highest BCUT2D eigenvalue weighted by Crippen LogP contribution is 2.52. The van der Waals surface area contributed by atoms with Crippen molar-refractivity contribution in [2.45, 2.75) is 50.8 Å². The zero-order valence-electron chi connectivity index (χ0n) is 20.3. The van der Waals surface area contributed by atoms with Gasteiger partial charge in [0, 0.05) is 13.1 Å². The number of aromatic nitrogens is 4. The van der Waals surface area contributed by atoms with E-state index in [1.807, 2.05) is 20.8 Å². The van der Waals surface area contributed by atoms with E-state index in [9.17, 15) is 4.21 Å². The third-order valence-corrected chi connectivity index (χ3v) is 8.42. The van der Waals surface area contributed by atoms with Gasteiger partial charge in [-0.15, -0.1) is 10.2 Å². The van der Waals surface area contributed by atoms with E-state index in [4.69, 9.17) is 10.5 Å². The first-order chi connectivity index (χ1) is 16.7. The molecular formula is C25H31N7O2S. The van der Waals surface area contributed by atoms with Crippen molar-refractivity contribution in [1.82, 2.24) is 24.9 Å². The molecule has 2 aromatic heterocycles. The van der Waals surface area contributed by atoms with E-state index in [1.165, 1.54) is 17.3 Å². The van der Waals surface area contributed by atoms with Crippen molar-refractivity contribution >= 4 is 22.8 Å². The molecule has 0 amide bonds. The number of piperidine rings is 1. The maximum atomic E-state index is 13.1. The molecule has 184 valence electrons. The zero-order valence-corrected chi connectivity index (χ0v) is 21.1. The van der Waals surface area contributed by atoms with Gasteiger partial charge in [0.1, 0.15) is 11.6 Å². The molecule has 0 radical (unpaired) electrons. The topological polar surface area (TPSA) is 119 Å². The van der Waals surface area contributed by atoms with Gasteiger partial charge >= 0.3 is 0 Å². The monoisotopic (exact) mass is 493 g/mol. The molecule has 10 heteroatoms. The Balaban J connectivity index is 1.28. The van der Waals surface area contributed by atoms with E-state index >= 15 is 0 Å². The van der Waals surface area contributed by atoms with Crippen molar-refractivity contribution in [3.8, 4) is 11.6 Å². The van der Waals surface area contributed by atoms with Gasteiger partial charge in [0.15, 0.2) is 0 Å². The normalized spacial score (nSPS) is 20.0. The van der Waals surface area contributed by atoms with Gasteiger partial charge < -0.3 is 15.4 Å². The Kier molecular flexibility index (Phi) is 6.18. The summed E-state index contributed by atoms with van der Waals surface area (Å²) in [6.45, 7) is 7.63. The molecule has 1 aromatic carbocycles. The standard InChI is InChI=1S/C25H31N7O2S/c1-24(2,3)35(33)31-22-19-7-5-4-6-17(19)14-25(22)10-12-32(13-11-25)23-28-16-21(29-30-23)34-18-8-9-20(26)27-15-18/h4-9,15-16,22,31H,10-14H2,1-3H3,(H2,26,27)/t22-,35?/m1/s1. The van der Waals surface area contributed by atoms with Gasteiger partial charge in [0.2, 0.25) is 5.95 Å². The SMILES string of the molecule is CC(C)(C)S(=O)N[C@@H]1c2ccccc2CC12CCN(c1ncc(Oc3ccc(N)nc3)nn1)CC2. The molecule has 3 heterocycles. The summed E-state index contributed by atoms with van der Waals surface area (Å²) < 4.78 is 21.9. The molecule has 9 nitrogen and oxygen atoms in total. The summed E-state index contributed by atoms with van der Waals surface area (Å²) in [5.41, 5.74) is 8.24. The summed E-state index contributed by atoms with van der Waals surface area (Å²) in [7, 11) is -1.15. The Bertz CT molecular complexity index is 1200. The molecule has 0 bridgehead atoms. The van der Waals surface area contributed by atoms with E-state index in [2.05, 4.69) is 54.1 Å². The average molecular weight is 494 g/mol. The summed E-state index contributed by atoms with van der Waals surface area (Å²) >= 11 is 0. The molecule has 35 heavy (non-hydrogen) atoms. The number of pyridine rings is 1. The van der Waals surface area contributed by atoms with Crippen LogP contribution in [0.15, 0.2) is 48.8 Å². The number of nitrogens with zero attached hydrogens (tertiary/aromatic N) is 5. The van der Waals surface area contributed by atoms with E-state index < -0.39 is 11.0 Å². The third-order valence-electron chi connectivity index (χ3n) is 6.85. The number of hydrogen-bond acceptors (Lipinski definition) is 8. The van der Waals surface area contributed by atoms with Gasteiger partial charge in [-0.25, -0.2) is 18.9 Å². The van der Waals surface area contributed by atoms with E-state index in [0.717, 1.165) is 32.4 Å². The second-order valence-electron chi connectivity index (χ2n) is 10.3. The molecule has 0 saturated carbocycles. The molecular weight excluding hydrogens is 462 g/mol. The Morgan fingerprint density at radius 2 is 1.86 bits per heavy atom. The Morgan fingerprint density at radius 3 is 2.51 bits per heavy atom. The number of benzene rings is 1. The Labute approximate surface area is 208 Å². The van der Waals surface area contributed by atoms with E-state index in [0.29, 0.717) is 23.4 Å². The van der Waals surface area contributed by atoms with Gasteiger partial charge in [-0.1, -0.05) is 24.3 Å². The molecule has 3 aromatic rings. The van der Waals surface area contributed by atoms with E-state index in [1.54, 1.807) is 18.3 Å². The van der Waals surface area contributed by atoms with Crippen molar-refractivity contribution in [3.05, 3.63) is 59.9 Å². The van der Waals surface area contributed by atoms with Crippen LogP contribution in [0.2, 0.25) is 0 Å². The van der Waals surface area contributed by atoms with Crippen molar-refractivity contribution in [2.75, 3.05) is 23.7 Å². The molecule has 1 aliphatic heterocycles. The highest BCUT2D eigenvalue weighted by molar-refractivity contribution is 7.84. The number of hydrogen-bond donors (Lipinski definition) is 2. The predicted molar refractivity (Wildman–Crippen MR) is 136 cm³/mol. The summed E-state index contributed by atoms with van der Waals surface area (Å²) in [6.07, 6.45) is 5.98. The second-order valence-corrected chi connectivity index (χ2v) is 12.3. The van der Waals surface area contributed by atoms with Crippen LogP contribution in [0.4, 0.5) is 11.8 Å². The fourth-order valence-corrected chi connectivity index (χ4v) is 5.85. The highest BCUT2D eigenvalue weighted by atomic mass is 32.2. The van der Waals surface area contributed by atoms with Crippen LogP contribution in [0.3, 0.4) is 0 Å². The van der Waals surface area contributed by atoms with Crippen LogP contribution in [-0.2, 0) is 17.4 Å². The Hall–Kier alpha value is -3.11. The fourth-order valence-electron chi connectivity index (χ4n) is 4.90. The Morgan fingerprint density at radius 1 is 1.09 bits per heavy atom. The number of nitrogens with two attached hydrogens (primary N) is 1. The van der Waals surface area contributed by atoms with Crippen LogP contribution in [0, 0.1) is 5.41 Å². The van der Waals surface area contributed by atoms with Crippen LogP contribution in [0.1, 0.15) is 50.8 Å².